The molecule has 2 aromatic carbocycles. The zero-order chi connectivity index (χ0) is 30.5. The molecule has 3 aliphatic rings. The number of piperidine rings is 1. The number of aliphatic hydroxyl groups excluding tert-OH is 1. The smallest absolute Gasteiger partial charge is 0.268 e. The summed E-state index contributed by atoms with van der Waals surface area (Å²) in [5.74, 6) is -1.25. The molecule has 2 aliphatic heterocycles. The number of pyridine rings is 1. The molecule has 2 amide bonds. The van der Waals surface area contributed by atoms with E-state index < -0.39 is 35.4 Å². The third-order valence-electron chi connectivity index (χ3n) is 8.63. The van der Waals surface area contributed by atoms with Crippen molar-refractivity contribution < 1.29 is 38.1 Å². The monoisotopic (exact) mass is 593 g/mol. The van der Waals surface area contributed by atoms with Crippen LogP contribution < -0.4 is 14.4 Å². The van der Waals surface area contributed by atoms with Gasteiger partial charge in [-0.1, -0.05) is 6.07 Å². The first-order chi connectivity index (χ1) is 20.6. The SMILES string of the molecule is Cc1cnc2c(c1)N(C1CCN(C(=O)c3ccc(-c4cc(F)ccc4OCC4(C(O)O)CC4)cc3F)CC1)C(=O)[C@H](C)O2. The van der Waals surface area contributed by atoms with Crippen molar-refractivity contribution in [1.29, 1.82) is 0 Å². The third kappa shape index (κ3) is 5.54. The van der Waals surface area contributed by atoms with Gasteiger partial charge in [0.15, 0.2) is 12.4 Å². The lowest BCUT2D eigenvalue weighted by atomic mass is 9.98. The molecule has 3 aromatic rings. The Morgan fingerprint density at radius 1 is 1.14 bits per heavy atom. The minimum Gasteiger partial charge on any atom is -0.492 e. The van der Waals surface area contributed by atoms with Gasteiger partial charge in [-0.3, -0.25) is 9.59 Å². The summed E-state index contributed by atoms with van der Waals surface area (Å²) in [5.41, 5.74) is 1.26. The number of fused-ring (bicyclic) bond motifs is 1. The topological polar surface area (TPSA) is 112 Å². The van der Waals surface area contributed by atoms with Crippen LogP contribution in [0.3, 0.4) is 0 Å². The van der Waals surface area contributed by atoms with Crippen molar-refractivity contribution in [2.24, 2.45) is 5.41 Å². The molecule has 9 nitrogen and oxygen atoms in total. The lowest BCUT2D eigenvalue weighted by molar-refractivity contribution is -0.126. The zero-order valence-corrected chi connectivity index (χ0v) is 23.9. The van der Waals surface area contributed by atoms with Crippen molar-refractivity contribution in [3.05, 3.63) is 71.4 Å². The summed E-state index contributed by atoms with van der Waals surface area (Å²) >= 11 is 0. The van der Waals surface area contributed by atoms with E-state index in [1.165, 1.54) is 30.3 Å². The average Bonchev–Trinajstić information content (AvgIpc) is 3.79. The molecule has 1 aliphatic carbocycles. The van der Waals surface area contributed by atoms with Crippen LogP contribution in [0.1, 0.15) is 48.5 Å². The molecule has 2 N–H and O–H groups in total. The van der Waals surface area contributed by atoms with Crippen LogP contribution in [0.15, 0.2) is 48.7 Å². The second kappa shape index (κ2) is 11.2. The predicted molar refractivity (Wildman–Crippen MR) is 153 cm³/mol. The molecule has 1 saturated carbocycles. The normalized spacial score (nSPS) is 19.7. The molecule has 43 heavy (non-hydrogen) atoms. The van der Waals surface area contributed by atoms with Gasteiger partial charge in [0, 0.05) is 30.9 Å². The number of hydrogen-bond acceptors (Lipinski definition) is 7. The van der Waals surface area contributed by atoms with Gasteiger partial charge in [-0.15, -0.1) is 0 Å². The Hall–Kier alpha value is -4.09. The number of likely N-dealkylation sites (tertiary alicyclic amines) is 1. The van der Waals surface area contributed by atoms with Crippen molar-refractivity contribution in [1.82, 2.24) is 9.88 Å². The van der Waals surface area contributed by atoms with Crippen LogP contribution in [0.25, 0.3) is 11.1 Å². The average molecular weight is 594 g/mol. The van der Waals surface area contributed by atoms with E-state index in [-0.39, 0.29) is 35.4 Å². The number of ether oxygens (including phenoxy) is 2. The fourth-order valence-electron chi connectivity index (χ4n) is 5.78. The van der Waals surface area contributed by atoms with Gasteiger partial charge in [-0.25, -0.2) is 13.8 Å². The molecule has 11 heteroatoms. The molecular formula is C32H33F2N3O6. The van der Waals surface area contributed by atoms with Crippen molar-refractivity contribution in [3.8, 4) is 22.8 Å². The molecule has 226 valence electrons. The van der Waals surface area contributed by atoms with Crippen LogP contribution in [0.5, 0.6) is 11.6 Å². The number of hydrogen-bond donors (Lipinski definition) is 2. The van der Waals surface area contributed by atoms with Crippen molar-refractivity contribution >= 4 is 17.5 Å². The van der Waals surface area contributed by atoms with E-state index in [1.54, 1.807) is 29.0 Å². The van der Waals surface area contributed by atoms with Crippen molar-refractivity contribution in [2.45, 2.75) is 58.0 Å². The van der Waals surface area contributed by atoms with E-state index in [2.05, 4.69) is 4.98 Å². The molecule has 0 spiro atoms. The summed E-state index contributed by atoms with van der Waals surface area (Å²) in [4.78, 5) is 34.1. The second-order valence-electron chi connectivity index (χ2n) is 11.7. The highest BCUT2D eigenvalue weighted by Gasteiger charge is 2.49. The molecular weight excluding hydrogens is 560 g/mol. The van der Waals surface area contributed by atoms with Crippen LogP contribution in [-0.2, 0) is 4.79 Å². The number of aliphatic hydroxyl groups is 2. The highest BCUT2D eigenvalue weighted by Crippen LogP contribution is 2.48. The summed E-state index contributed by atoms with van der Waals surface area (Å²) in [5, 5.41) is 19.3. The van der Waals surface area contributed by atoms with Gasteiger partial charge in [0.1, 0.15) is 23.1 Å². The predicted octanol–water partition coefficient (Wildman–Crippen LogP) is 4.22. The number of rotatable bonds is 7. The number of carbonyl (C=O) groups excluding carboxylic acids is 2. The van der Waals surface area contributed by atoms with Crippen LogP contribution in [0.4, 0.5) is 14.5 Å². The number of carbonyl (C=O) groups is 2. The standard InChI is InChI=1S/C32H33F2N3O6/c1-18-13-26-28(35-16-18)43-19(2)29(38)37(26)22-7-11-36(12-8-22)30(39)23-5-3-20(14-25(23)34)24-15-21(33)4-6-27(24)42-17-32(9-10-32)31(40)41/h3-6,13-16,19,22,31,40-41H,7-12,17H2,1-2H3/t19-/m0/s1. The van der Waals surface area contributed by atoms with Crippen LogP contribution in [0.2, 0.25) is 0 Å². The lowest BCUT2D eigenvalue weighted by Crippen LogP contribution is -2.54. The first-order valence-corrected chi connectivity index (χ1v) is 14.4. The number of halogens is 2. The number of nitrogens with zero attached hydrogens (tertiary/aromatic N) is 3. The Bertz CT molecular complexity index is 1570. The Kier molecular flexibility index (Phi) is 7.55. The molecule has 0 radical (unpaired) electrons. The van der Waals surface area contributed by atoms with Crippen LogP contribution in [-0.4, -0.2) is 70.0 Å². The quantitative estimate of drug-likeness (QED) is 0.395. The highest BCUT2D eigenvalue weighted by molar-refractivity contribution is 6.00. The molecule has 1 aromatic heterocycles. The molecule has 1 saturated heterocycles. The summed E-state index contributed by atoms with van der Waals surface area (Å²) in [7, 11) is 0. The van der Waals surface area contributed by atoms with Gasteiger partial charge >= 0.3 is 0 Å². The maximum Gasteiger partial charge on any atom is 0.268 e. The number of benzene rings is 2. The Morgan fingerprint density at radius 2 is 1.88 bits per heavy atom. The second-order valence-corrected chi connectivity index (χ2v) is 11.7. The first-order valence-electron chi connectivity index (χ1n) is 14.4. The number of amides is 2. The maximum atomic E-state index is 15.4. The molecule has 1 atom stereocenters. The maximum absolute atomic E-state index is 15.4. The van der Waals surface area contributed by atoms with Gasteiger partial charge in [0.25, 0.3) is 11.8 Å². The molecule has 2 fully saturated rings. The molecule has 6 rings (SSSR count). The van der Waals surface area contributed by atoms with E-state index >= 15 is 4.39 Å². The minimum absolute atomic E-state index is 0.0228. The van der Waals surface area contributed by atoms with E-state index in [1.807, 2.05) is 13.0 Å². The van der Waals surface area contributed by atoms with Gasteiger partial charge in [0.05, 0.1) is 17.6 Å². The Morgan fingerprint density at radius 3 is 2.56 bits per heavy atom. The van der Waals surface area contributed by atoms with Crippen LogP contribution >= 0.6 is 0 Å². The number of aryl methyl sites for hydroxylation is 1. The van der Waals surface area contributed by atoms with Gasteiger partial charge in [-0.2, -0.15) is 0 Å². The number of anilines is 1. The van der Waals surface area contributed by atoms with E-state index in [0.29, 0.717) is 55.9 Å². The summed E-state index contributed by atoms with van der Waals surface area (Å²) in [6.07, 6.45) is 1.69. The third-order valence-corrected chi connectivity index (χ3v) is 8.63. The van der Waals surface area contributed by atoms with E-state index in [4.69, 9.17) is 9.47 Å². The fourth-order valence-corrected chi connectivity index (χ4v) is 5.78. The van der Waals surface area contributed by atoms with Gasteiger partial charge in [-0.05, 0) is 87.1 Å². The van der Waals surface area contributed by atoms with E-state index in [9.17, 15) is 24.2 Å². The summed E-state index contributed by atoms with van der Waals surface area (Å²) in [6, 6.07) is 9.66. The lowest BCUT2D eigenvalue weighted by Gasteiger charge is -2.41. The number of aromatic nitrogens is 1. The minimum atomic E-state index is -1.53. The zero-order valence-electron chi connectivity index (χ0n) is 23.9. The first kappa shape index (κ1) is 29.0. The molecule has 0 bridgehead atoms. The highest BCUT2D eigenvalue weighted by atomic mass is 19.1. The van der Waals surface area contributed by atoms with Gasteiger partial charge in [0.2, 0.25) is 5.88 Å². The molecule has 3 heterocycles. The van der Waals surface area contributed by atoms with E-state index in [0.717, 1.165) is 5.56 Å². The largest absolute Gasteiger partial charge is 0.492 e. The summed E-state index contributed by atoms with van der Waals surface area (Å²) < 4.78 is 41.1. The van der Waals surface area contributed by atoms with Gasteiger partial charge < -0.3 is 29.5 Å². The summed E-state index contributed by atoms with van der Waals surface area (Å²) in [6.45, 7) is 4.27. The Labute approximate surface area is 247 Å². The van der Waals surface area contributed by atoms with Crippen molar-refractivity contribution in [2.75, 3.05) is 24.6 Å². The van der Waals surface area contributed by atoms with Crippen molar-refractivity contribution in [3.63, 3.8) is 0 Å². The fraction of sp³-hybridized carbons (Fsp3) is 0.406. The van der Waals surface area contributed by atoms with Crippen LogP contribution in [0, 0.1) is 24.0 Å². The molecule has 0 unspecified atom stereocenters. The Balaban J connectivity index is 1.16.